The topological polar surface area (TPSA) is 41.1 Å². The molecule has 0 unspecified atom stereocenters. The van der Waals surface area contributed by atoms with Gasteiger partial charge in [0.15, 0.2) is 4.99 Å². The fraction of sp³-hybridized carbons (Fsp3) is 0.667. The second-order valence-corrected chi connectivity index (χ2v) is 2.13. The molecule has 1 amide bonds. The Labute approximate surface area is 66.2 Å². The first kappa shape index (κ1) is 9.36. The summed E-state index contributed by atoms with van der Waals surface area (Å²) >= 11 is 4.72. The van der Waals surface area contributed by atoms with Crippen molar-refractivity contribution in [2.75, 3.05) is 13.1 Å². The normalized spacial score (nSPS) is 8.60. The quantitative estimate of drug-likeness (QED) is 0.561. The molecule has 0 saturated carbocycles. The minimum absolute atomic E-state index is 0.195. The number of hydrogen-bond acceptors (Lipinski definition) is 2. The van der Waals surface area contributed by atoms with E-state index in [1.54, 1.807) is 0 Å². The monoisotopic (exact) mass is 160 g/mol. The maximum atomic E-state index is 10.8. The van der Waals surface area contributed by atoms with E-state index in [2.05, 4.69) is 10.6 Å². The summed E-state index contributed by atoms with van der Waals surface area (Å²) in [6, 6.07) is 0. The highest BCUT2D eigenvalue weighted by Gasteiger charge is 2.03. The van der Waals surface area contributed by atoms with Crippen LogP contribution in [-0.2, 0) is 4.79 Å². The van der Waals surface area contributed by atoms with E-state index < -0.39 is 0 Å². The van der Waals surface area contributed by atoms with Crippen LogP contribution < -0.4 is 10.6 Å². The summed E-state index contributed by atoms with van der Waals surface area (Å²) in [5.74, 6) is -0.195. The summed E-state index contributed by atoms with van der Waals surface area (Å²) in [4.78, 5) is 11.1. The van der Waals surface area contributed by atoms with Gasteiger partial charge in [-0.15, -0.1) is 0 Å². The Balaban J connectivity index is 3.60. The molecule has 0 radical (unpaired) electrons. The van der Waals surface area contributed by atoms with E-state index >= 15 is 0 Å². The molecule has 0 aliphatic heterocycles. The molecule has 0 fully saturated rings. The van der Waals surface area contributed by atoms with Crippen LogP contribution in [0, 0.1) is 0 Å². The molecule has 3 nitrogen and oxygen atoms in total. The Bertz CT molecular complexity index is 120. The van der Waals surface area contributed by atoms with Gasteiger partial charge in [-0.25, -0.2) is 0 Å². The van der Waals surface area contributed by atoms with Gasteiger partial charge in [0.1, 0.15) is 0 Å². The number of amides is 1. The standard InChI is InChI=1S/C6H12N2OS/c1-3-7-5(9)6(10)8-4-2/h3-4H2,1-2H3,(H,7,9)(H,8,10). The highest BCUT2D eigenvalue weighted by molar-refractivity contribution is 7.82. The molecule has 2 N–H and O–H groups in total. The van der Waals surface area contributed by atoms with Gasteiger partial charge in [-0.05, 0) is 13.8 Å². The summed E-state index contributed by atoms with van der Waals surface area (Å²) in [5.41, 5.74) is 0. The average molecular weight is 160 g/mol. The molecule has 0 aliphatic rings. The predicted octanol–water partition coefficient (Wildman–Crippen LogP) is 0.0594. The molecular formula is C6H12N2OS. The summed E-state index contributed by atoms with van der Waals surface area (Å²) in [6.07, 6.45) is 0. The van der Waals surface area contributed by atoms with Crippen molar-refractivity contribution in [1.29, 1.82) is 0 Å². The van der Waals surface area contributed by atoms with Crippen LogP contribution in [0.4, 0.5) is 0 Å². The zero-order chi connectivity index (χ0) is 7.98. The summed E-state index contributed by atoms with van der Waals surface area (Å²) in [5, 5.41) is 5.34. The van der Waals surface area contributed by atoms with E-state index in [4.69, 9.17) is 12.2 Å². The molecule has 0 bridgehead atoms. The van der Waals surface area contributed by atoms with E-state index in [0.717, 1.165) is 0 Å². The minimum atomic E-state index is -0.195. The second-order valence-electron chi connectivity index (χ2n) is 1.72. The predicted molar refractivity (Wildman–Crippen MR) is 45.0 cm³/mol. The first-order valence-electron chi connectivity index (χ1n) is 3.28. The van der Waals surface area contributed by atoms with Crippen LogP contribution in [-0.4, -0.2) is 24.0 Å². The van der Waals surface area contributed by atoms with Crippen molar-refractivity contribution in [3.63, 3.8) is 0 Å². The minimum Gasteiger partial charge on any atom is -0.372 e. The van der Waals surface area contributed by atoms with Gasteiger partial charge in [0, 0.05) is 13.1 Å². The largest absolute Gasteiger partial charge is 0.372 e. The molecule has 0 aromatic carbocycles. The highest BCUT2D eigenvalue weighted by atomic mass is 32.1. The average Bonchev–Trinajstić information content (AvgIpc) is 1.89. The Kier molecular flexibility index (Phi) is 4.84. The van der Waals surface area contributed by atoms with Crippen LogP contribution in [0.15, 0.2) is 0 Å². The van der Waals surface area contributed by atoms with Crippen LogP contribution in [0.2, 0.25) is 0 Å². The van der Waals surface area contributed by atoms with Crippen LogP contribution in [0.1, 0.15) is 13.8 Å². The van der Waals surface area contributed by atoms with E-state index in [9.17, 15) is 4.79 Å². The van der Waals surface area contributed by atoms with Crippen LogP contribution in [0.25, 0.3) is 0 Å². The van der Waals surface area contributed by atoms with Gasteiger partial charge in [0.2, 0.25) is 0 Å². The first-order valence-corrected chi connectivity index (χ1v) is 3.69. The van der Waals surface area contributed by atoms with Gasteiger partial charge < -0.3 is 10.6 Å². The molecular weight excluding hydrogens is 148 g/mol. The Morgan fingerprint density at radius 3 is 2.20 bits per heavy atom. The lowest BCUT2D eigenvalue weighted by molar-refractivity contribution is -0.114. The van der Waals surface area contributed by atoms with Gasteiger partial charge in [0.25, 0.3) is 5.91 Å². The lowest BCUT2D eigenvalue weighted by Gasteiger charge is -2.03. The van der Waals surface area contributed by atoms with Gasteiger partial charge in [-0.2, -0.15) is 0 Å². The number of thiocarbonyl (C=S) groups is 1. The van der Waals surface area contributed by atoms with Crippen molar-refractivity contribution < 1.29 is 4.79 Å². The van der Waals surface area contributed by atoms with Gasteiger partial charge in [-0.1, -0.05) is 12.2 Å². The molecule has 0 aliphatic carbocycles. The number of likely N-dealkylation sites (N-methyl/N-ethyl adjacent to an activating group) is 2. The smallest absolute Gasteiger partial charge is 0.278 e. The fourth-order valence-corrected chi connectivity index (χ4v) is 0.698. The molecule has 0 saturated heterocycles. The molecule has 0 atom stereocenters. The van der Waals surface area contributed by atoms with Crippen molar-refractivity contribution in [3.8, 4) is 0 Å². The Morgan fingerprint density at radius 1 is 1.30 bits per heavy atom. The summed E-state index contributed by atoms with van der Waals surface area (Å²) in [6.45, 7) is 5.05. The molecule has 4 heteroatoms. The number of rotatable bonds is 2. The molecule has 10 heavy (non-hydrogen) atoms. The van der Waals surface area contributed by atoms with Crippen LogP contribution >= 0.6 is 12.2 Å². The molecule has 0 heterocycles. The lowest BCUT2D eigenvalue weighted by atomic mass is 10.5. The Hall–Kier alpha value is -0.640. The van der Waals surface area contributed by atoms with Gasteiger partial charge >= 0.3 is 0 Å². The van der Waals surface area contributed by atoms with Crippen molar-refractivity contribution in [2.24, 2.45) is 0 Å². The van der Waals surface area contributed by atoms with Crippen molar-refractivity contribution >= 4 is 23.1 Å². The number of hydrogen-bond donors (Lipinski definition) is 2. The fourth-order valence-electron chi connectivity index (χ4n) is 0.482. The second kappa shape index (κ2) is 5.17. The van der Waals surface area contributed by atoms with Crippen molar-refractivity contribution in [2.45, 2.75) is 13.8 Å². The first-order chi connectivity index (χ1) is 4.72. The number of carbonyl (C=O) groups excluding carboxylic acids is 1. The van der Waals surface area contributed by atoms with Crippen LogP contribution in [0.5, 0.6) is 0 Å². The maximum Gasteiger partial charge on any atom is 0.278 e. The van der Waals surface area contributed by atoms with Gasteiger partial charge in [0.05, 0.1) is 0 Å². The third-order valence-corrected chi connectivity index (χ3v) is 1.21. The zero-order valence-electron chi connectivity index (χ0n) is 6.23. The summed E-state index contributed by atoms with van der Waals surface area (Å²) in [7, 11) is 0. The third-order valence-electron chi connectivity index (χ3n) is 0.881. The van der Waals surface area contributed by atoms with E-state index in [-0.39, 0.29) is 10.9 Å². The molecule has 0 aromatic rings. The SMILES string of the molecule is CCNC(=O)C(=S)NCC. The molecule has 0 rings (SSSR count). The van der Waals surface area contributed by atoms with E-state index in [1.807, 2.05) is 13.8 Å². The third kappa shape index (κ3) is 3.40. The number of carbonyl (C=O) groups is 1. The van der Waals surface area contributed by atoms with Crippen LogP contribution in [0.3, 0.4) is 0 Å². The molecule has 0 spiro atoms. The molecule has 58 valence electrons. The highest BCUT2D eigenvalue weighted by Crippen LogP contribution is 1.71. The van der Waals surface area contributed by atoms with Crippen molar-refractivity contribution in [3.05, 3.63) is 0 Å². The van der Waals surface area contributed by atoms with E-state index in [0.29, 0.717) is 13.1 Å². The number of nitrogens with one attached hydrogen (secondary N) is 2. The van der Waals surface area contributed by atoms with Crippen molar-refractivity contribution in [1.82, 2.24) is 10.6 Å². The molecule has 0 aromatic heterocycles. The Morgan fingerprint density at radius 2 is 1.80 bits per heavy atom. The maximum absolute atomic E-state index is 10.8. The summed E-state index contributed by atoms with van der Waals surface area (Å²) < 4.78 is 0. The lowest BCUT2D eigenvalue weighted by Crippen LogP contribution is -2.38. The zero-order valence-corrected chi connectivity index (χ0v) is 7.05. The van der Waals surface area contributed by atoms with Gasteiger partial charge in [-0.3, -0.25) is 4.79 Å². The van der Waals surface area contributed by atoms with E-state index in [1.165, 1.54) is 0 Å².